The lowest BCUT2D eigenvalue weighted by molar-refractivity contribution is 0.102. The van der Waals surface area contributed by atoms with Crippen LogP contribution in [0.15, 0.2) is 41.3 Å². The Morgan fingerprint density at radius 2 is 1.52 bits per heavy atom. The Bertz CT molecular complexity index is 971. The molecular formula is C20H26N2O6S. The fourth-order valence-corrected chi connectivity index (χ4v) is 4.00. The van der Waals surface area contributed by atoms with Crippen molar-refractivity contribution in [2.75, 3.05) is 33.7 Å². The van der Waals surface area contributed by atoms with E-state index in [2.05, 4.69) is 5.32 Å². The van der Waals surface area contributed by atoms with E-state index in [1.807, 2.05) is 0 Å². The van der Waals surface area contributed by atoms with Gasteiger partial charge in [-0.25, -0.2) is 8.42 Å². The minimum atomic E-state index is -3.59. The summed E-state index contributed by atoms with van der Waals surface area (Å²) >= 11 is 0. The van der Waals surface area contributed by atoms with Crippen LogP contribution < -0.4 is 19.5 Å². The molecule has 0 heterocycles. The molecule has 0 aliphatic heterocycles. The highest BCUT2D eigenvalue weighted by atomic mass is 32.2. The van der Waals surface area contributed by atoms with Crippen molar-refractivity contribution in [3.05, 3.63) is 42.0 Å². The number of nitrogens with zero attached hydrogens (tertiary/aromatic N) is 1. The first-order valence-corrected chi connectivity index (χ1v) is 10.3. The van der Waals surface area contributed by atoms with Crippen LogP contribution in [0.25, 0.3) is 0 Å². The minimum absolute atomic E-state index is 0.149. The van der Waals surface area contributed by atoms with E-state index in [1.54, 1.807) is 26.0 Å². The summed E-state index contributed by atoms with van der Waals surface area (Å²) in [6.07, 6.45) is 0. The van der Waals surface area contributed by atoms with Crippen LogP contribution in [0.2, 0.25) is 0 Å². The molecule has 0 saturated heterocycles. The van der Waals surface area contributed by atoms with Gasteiger partial charge in [-0.2, -0.15) is 4.31 Å². The number of ether oxygens (including phenoxy) is 3. The standard InChI is InChI=1S/C20H26N2O6S/c1-13(2)22(3)29(24,25)15-9-7-14(8-10-15)21-20(23)16-11-12-17(26-4)19(28-6)18(16)27-5/h7-13H,1-6H3,(H,21,23). The number of benzene rings is 2. The summed E-state index contributed by atoms with van der Waals surface area (Å²) in [4.78, 5) is 12.9. The summed E-state index contributed by atoms with van der Waals surface area (Å²) in [5.74, 6) is 0.547. The van der Waals surface area contributed by atoms with Gasteiger partial charge < -0.3 is 19.5 Å². The van der Waals surface area contributed by atoms with Crippen molar-refractivity contribution in [2.24, 2.45) is 0 Å². The van der Waals surface area contributed by atoms with Crippen LogP contribution >= 0.6 is 0 Å². The van der Waals surface area contributed by atoms with E-state index < -0.39 is 15.9 Å². The predicted molar refractivity (Wildman–Crippen MR) is 111 cm³/mol. The van der Waals surface area contributed by atoms with E-state index in [9.17, 15) is 13.2 Å². The second-order valence-electron chi connectivity index (χ2n) is 6.48. The smallest absolute Gasteiger partial charge is 0.259 e. The number of amides is 1. The molecule has 0 atom stereocenters. The Labute approximate surface area is 171 Å². The van der Waals surface area contributed by atoms with Crippen molar-refractivity contribution in [1.82, 2.24) is 4.31 Å². The van der Waals surface area contributed by atoms with Gasteiger partial charge in [-0.3, -0.25) is 4.79 Å². The molecule has 2 rings (SSSR count). The van der Waals surface area contributed by atoms with Gasteiger partial charge >= 0.3 is 0 Å². The molecule has 0 radical (unpaired) electrons. The van der Waals surface area contributed by atoms with Gasteiger partial charge in [0.2, 0.25) is 15.8 Å². The minimum Gasteiger partial charge on any atom is -0.493 e. The quantitative estimate of drug-likeness (QED) is 0.703. The van der Waals surface area contributed by atoms with Gasteiger partial charge in [0, 0.05) is 18.8 Å². The molecular weight excluding hydrogens is 396 g/mol. The fraction of sp³-hybridized carbons (Fsp3) is 0.350. The monoisotopic (exact) mass is 422 g/mol. The predicted octanol–water partition coefficient (Wildman–Crippen LogP) is 2.99. The zero-order valence-electron chi connectivity index (χ0n) is 17.3. The normalized spacial score (nSPS) is 11.4. The maximum Gasteiger partial charge on any atom is 0.259 e. The number of hydrogen-bond donors (Lipinski definition) is 1. The number of methoxy groups -OCH3 is 3. The van der Waals surface area contributed by atoms with Crippen molar-refractivity contribution in [3.63, 3.8) is 0 Å². The third-order valence-electron chi connectivity index (χ3n) is 4.47. The lowest BCUT2D eigenvalue weighted by Crippen LogP contribution is -2.33. The van der Waals surface area contributed by atoms with Gasteiger partial charge in [-0.05, 0) is 50.2 Å². The van der Waals surface area contributed by atoms with E-state index in [0.29, 0.717) is 17.2 Å². The van der Waals surface area contributed by atoms with Gasteiger partial charge in [-0.15, -0.1) is 0 Å². The first-order chi connectivity index (χ1) is 13.7. The maximum atomic E-state index is 12.7. The van der Waals surface area contributed by atoms with Crippen molar-refractivity contribution in [2.45, 2.75) is 24.8 Å². The molecule has 1 N–H and O–H groups in total. The average Bonchev–Trinajstić information content (AvgIpc) is 2.71. The van der Waals surface area contributed by atoms with Crippen molar-refractivity contribution in [1.29, 1.82) is 0 Å². The Hall–Kier alpha value is -2.78. The third kappa shape index (κ3) is 4.63. The molecule has 0 saturated carbocycles. The molecule has 0 aliphatic carbocycles. The number of rotatable bonds is 8. The molecule has 0 spiro atoms. The van der Waals surface area contributed by atoms with Crippen LogP contribution in [0.3, 0.4) is 0 Å². The first-order valence-electron chi connectivity index (χ1n) is 8.85. The Balaban J connectivity index is 2.29. The summed E-state index contributed by atoms with van der Waals surface area (Å²) in [6, 6.07) is 8.97. The molecule has 2 aromatic rings. The number of sulfonamides is 1. The van der Waals surface area contributed by atoms with E-state index in [0.717, 1.165) is 0 Å². The van der Waals surface area contributed by atoms with Gasteiger partial charge in [0.1, 0.15) is 0 Å². The maximum absolute atomic E-state index is 12.7. The molecule has 9 heteroatoms. The third-order valence-corrected chi connectivity index (χ3v) is 6.51. The summed E-state index contributed by atoms with van der Waals surface area (Å²) in [7, 11) is 2.31. The summed E-state index contributed by atoms with van der Waals surface area (Å²) in [5.41, 5.74) is 0.694. The number of hydrogen-bond acceptors (Lipinski definition) is 6. The number of carbonyl (C=O) groups excluding carboxylic acids is 1. The van der Waals surface area contributed by atoms with Crippen LogP contribution in [0, 0.1) is 0 Å². The molecule has 2 aromatic carbocycles. The van der Waals surface area contributed by atoms with Crippen LogP contribution in [-0.4, -0.2) is 53.0 Å². The van der Waals surface area contributed by atoms with Crippen LogP contribution in [-0.2, 0) is 10.0 Å². The van der Waals surface area contributed by atoms with Crippen molar-refractivity contribution in [3.8, 4) is 17.2 Å². The van der Waals surface area contributed by atoms with Gasteiger partial charge in [-0.1, -0.05) is 0 Å². The highest BCUT2D eigenvalue weighted by Gasteiger charge is 2.24. The van der Waals surface area contributed by atoms with E-state index in [4.69, 9.17) is 14.2 Å². The molecule has 29 heavy (non-hydrogen) atoms. The van der Waals surface area contributed by atoms with E-state index >= 15 is 0 Å². The zero-order chi connectivity index (χ0) is 21.8. The van der Waals surface area contributed by atoms with Crippen LogP contribution in [0.1, 0.15) is 24.2 Å². The largest absolute Gasteiger partial charge is 0.493 e. The highest BCUT2D eigenvalue weighted by Crippen LogP contribution is 2.40. The van der Waals surface area contributed by atoms with E-state index in [-0.39, 0.29) is 22.3 Å². The van der Waals surface area contributed by atoms with Gasteiger partial charge in [0.25, 0.3) is 5.91 Å². The molecule has 0 aliphatic rings. The molecule has 0 unspecified atom stereocenters. The van der Waals surface area contributed by atoms with Crippen LogP contribution in [0.4, 0.5) is 5.69 Å². The second-order valence-corrected chi connectivity index (χ2v) is 8.47. The Morgan fingerprint density at radius 3 is 2.00 bits per heavy atom. The zero-order valence-corrected chi connectivity index (χ0v) is 18.2. The van der Waals surface area contributed by atoms with Crippen molar-refractivity contribution < 1.29 is 27.4 Å². The highest BCUT2D eigenvalue weighted by molar-refractivity contribution is 7.89. The lowest BCUT2D eigenvalue weighted by atomic mass is 10.1. The summed E-state index contributed by atoms with van der Waals surface area (Å²) < 4.78 is 42.2. The van der Waals surface area contributed by atoms with Crippen molar-refractivity contribution >= 4 is 21.6 Å². The average molecular weight is 423 g/mol. The molecule has 0 fully saturated rings. The molecule has 8 nitrogen and oxygen atoms in total. The molecule has 158 valence electrons. The number of nitrogens with one attached hydrogen (secondary N) is 1. The first kappa shape index (κ1) is 22.5. The van der Waals surface area contributed by atoms with Gasteiger partial charge in [0.05, 0.1) is 31.8 Å². The fourth-order valence-electron chi connectivity index (χ4n) is 2.63. The molecule has 0 aromatic heterocycles. The molecule has 0 bridgehead atoms. The van der Waals surface area contributed by atoms with E-state index in [1.165, 1.54) is 56.9 Å². The lowest BCUT2D eigenvalue weighted by Gasteiger charge is -2.21. The Kier molecular flexibility index (Phi) is 7.10. The van der Waals surface area contributed by atoms with Crippen LogP contribution in [0.5, 0.6) is 17.2 Å². The number of anilines is 1. The molecule has 1 amide bonds. The summed E-state index contributed by atoms with van der Waals surface area (Å²) in [6.45, 7) is 3.59. The van der Waals surface area contributed by atoms with Gasteiger partial charge in [0.15, 0.2) is 11.5 Å². The Morgan fingerprint density at radius 1 is 0.931 bits per heavy atom. The second kappa shape index (κ2) is 9.15. The SMILES string of the molecule is COc1ccc(C(=O)Nc2ccc(S(=O)(=O)N(C)C(C)C)cc2)c(OC)c1OC. The summed E-state index contributed by atoms with van der Waals surface area (Å²) in [5, 5.41) is 2.73. The number of carbonyl (C=O) groups is 1. The topological polar surface area (TPSA) is 94.2 Å².